The minimum absolute atomic E-state index is 0.439. The van der Waals surface area contributed by atoms with Gasteiger partial charge in [0.1, 0.15) is 16.2 Å². The van der Waals surface area contributed by atoms with Crippen LogP contribution in [0.15, 0.2) is 65.1 Å². The number of hydrogen-bond donors (Lipinski definition) is 0. The molecule has 1 saturated heterocycles. The van der Waals surface area contributed by atoms with Crippen LogP contribution in [-0.2, 0) is 9.31 Å². The number of para-hydroxylation sites is 1. The third-order valence-electron chi connectivity index (χ3n) is 6.57. The van der Waals surface area contributed by atoms with Crippen LogP contribution in [0.1, 0.15) is 27.7 Å². The Morgan fingerprint density at radius 3 is 2.26 bits per heavy atom. The van der Waals surface area contributed by atoms with Crippen molar-refractivity contribution in [3.05, 3.63) is 60.7 Å². The second-order valence-corrected chi connectivity index (χ2v) is 10.1. The largest absolute Gasteiger partial charge is 0.500 e. The predicted octanol–water partition coefficient (Wildman–Crippen LogP) is 6.16. The molecule has 0 N–H and O–H groups in total. The van der Waals surface area contributed by atoms with Crippen LogP contribution in [0.3, 0.4) is 0 Å². The van der Waals surface area contributed by atoms with Crippen molar-refractivity contribution >= 4 is 56.1 Å². The average Bonchev–Trinajstić information content (AvgIpc) is 3.38. The fourth-order valence-corrected chi connectivity index (χ4v) is 5.25. The lowest BCUT2D eigenvalue weighted by Gasteiger charge is -2.32. The molecule has 0 radical (unpaired) electrons. The van der Waals surface area contributed by atoms with E-state index in [9.17, 15) is 0 Å². The highest BCUT2D eigenvalue weighted by molar-refractivity contribution is 7.23. The van der Waals surface area contributed by atoms with E-state index in [0.717, 1.165) is 48.2 Å². The Labute approximate surface area is 184 Å². The van der Waals surface area contributed by atoms with Gasteiger partial charge in [0.2, 0.25) is 0 Å². The molecule has 4 nitrogen and oxygen atoms in total. The lowest BCUT2D eigenvalue weighted by molar-refractivity contribution is 0.00578. The van der Waals surface area contributed by atoms with E-state index < -0.39 is 18.3 Å². The molecule has 0 amide bonds. The van der Waals surface area contributed by atoms with E-state index in [1.807, 2.05) is 36.4 Å². The second kappa shape index (κ2) is 6.42. The van der Waals surface area contributed by atoms with Crippen LogP contribution < -0.4 is 5.46 Å². The summed E-state index contributed by atoms with van der Waals surface area (Å²) in [5.41, 5.74) is 3.77. The molecule has 0 atom stereocenters. The van der Waals surface area contributed by atoms with Crippen LogP contribution in [0.25, 0.3) is 42.7 Å². The summed E-state index contributed by atoms with van der Waals surface area (Å²) in [5.74, 6) is 0. The first-order chi connectivity index (χ1) is 14.8. The van der Waals surface area contributed by atoms with Gasteiger partial charge in [0, 0.05) is 21.8 Å². The fraction of sp³-hybridized carbons (Fsp3) is 0.240. The second-order valence-electron chi connectivity index (χ2n) is 9.09. The molecule has 3 aromatic carbocycles. The molecule has 154 valence electrons. The SMILES string of the molecule is CC1(C)OB(c2c3oc4ccccc4c3cc3nc(-c4ccccc4)sc23)OC1(C)C. The molecule has 2 aromatic heterocycles. The monoisotopic (exact) mass is 427 g/mol. The molecule has 0 aliphatic carbocycles. The molecule has 3 heterocycles. The third-order valence-corrected chi connectivity index (χ3v) is 7.72. The summed E-state index contributed by atoms with van der Waals surface area (Å²) in [6, 6.07) is 20.5. The molecule has 0 bridgehead atoms. The van der Waals surface area contributed by atoms with Crippen LogP contribution in [0.5, 0.6) is 0 Å². The van der Waals surface area contributed by atoms with Crippen molar-refractivity contribution in [1.82, 2.24) is 4.98 Å². The van der Waals surface area contributed by atoms with Crippen LogP contribution in [-0.4, -0.2) is 23.3 Å². The van der Waals surface area contributed by atoms with Gasteiger partial charge in [0.15, 0.2) is 0 Å². The zero-order valence-electron chi connectivity index (χ0n) is 17.9. The summed E-state index contributed by atoms with van der Waals surface area (Å²) in [7, 11) is -0.527. The molecule has 1 aliphatic rings. The van der Waals surface area contributed by atoms with Crippen molar-refractivity contribution in [2.45, 2.75) is 38.9 Å². The first-order valence-electron chi connectivity index (χ1n) is 10.5. The van der Waals surface area contributed by atoms with Gasteiger partial charge >= 0.3 is 7.12 Å². The number of benzene rings is 3. The van der Waals surface area contributed by atoms with E-state index >= 15 is 0 Å². The fourth-order valence-electron chi connectivity index (χ4n) is 4.15. The van der Waals surface area contributed by atoms with E-state index in [1.54, 1.807) is 11.3 Å². The van der Waals surface area contributed by atoms with Crippen molar-refractivity contribution in [3.8, 4) is 10.6 Å². The van der Waals surface area contributed by atoms with Crippen molar-refractivity contribution in [3.63, 3.8) is 0 Å². The molecular weight excluding hydrogens is 405 g/mol. The van der Waals surface area contributed by atoms with Gasteiger partial charge in [-0.1, -0.05) is 48.5 Å². The topological polar surface area (TPSA) is 44.5 Å². The highest BCUT2D eigenvalue weighted by Crippen LogP contribution is 2.41. The van der Waals surface area contributed by atoms with Gasteiger partial charge in [-0.25, -0.2) is 4.98 Å². The number of thiazole rings is 1. The molecule has 6 rings (SSSR count). The third kappa shape index (κ3) is 2.79. The Hall–Kier alpha value is -2.67. The lowest BCUT2D eigenvalue weighted by atomic mass is 9.77. The summed E-state index contributed by atoms with van der Waals surface area (Å²) in [6.45, 7) is 8.30. The van der Waals surface area contributed by atoms with Crippen molar-refractivity contribution in [2.75, 3.05) is 0 Å². The maximum Gasteiger partial charge on any atom is 0.500 e. The van der Waals surface area contributed by atoms with E-state index in [4.69, 9.17) is 18.7 Å². The van der Waals surface area contributed by atoms with Crippen molar-refractivity contribution in [2.24, 2.45) is 0 Å². The van der Waals surface area contributed by atoms with Gasteiger partial charge in [-0.15, -0.1) is 11.3 Å². The summed E-state index contributed by atoms with van der Waals surface area (Å²) < 4.78 is 20.4. The minimum Gasteiger partial charge on any atom is -0.456 e. The Morgan fingerprint density at radius 2 is 1.52 bits per heavy atom. The molecule has 0 spiro atoms. The quantitative estimate of drug-likeness (QED) is 0.317. The Balaban J connectivity index is 1.67. The summed E-state index contributed by atoms with van der Waals surface area (Å²) in [4.78, 5) is 4.99. The first-order valence-corrected chi connectivity index (χ1v) is 11.3. The number of aromatic nitrogens is 1. The number of fused-ring (bicyclic) bond motifs is 4. The minimum atomic E-state index is -0.527. The van der Waals surface area contributed by atoms with E-state index in [-0.39, 0.29) is 0 Å². The maximum atomic E-state index is 6.47. The average molecular weight is 427 g/mol. The van der Waals surface area contributed by atoms with Gasteiger partial charge in [-0.3, -0.25) is 0 Å². The van der Waals surface area contributed by atoms with Gasteiger partial charge in [0.25, 0.3) is 0 Å². The Morgan fingerprint density at radius 1 is 0.839 bits per heavy atom. The molecule has 6 heteroatoms. The summed E-state index contributed by atoms with van der Waals surface area (Å²) >= 11 is 1.66. The number of hydrogen-bond acceptors (Lipinski definition) is 5. The Bertz CT molecular complexity index is 1440. The molecule has 1 fully saturated rings. The van der Waals surface area contributed by atoms with Crippen molar-refractivity contribution in [1.29, 1.82) is 0 Å². The first kappa shape index (κ1) is 19.1. The smallest absolute Gasteiger partial charge is 0.456 e. The Kier molecular flexibility index (Phi) is 3.95. The number of furan rings is 1. The van der Waals surface area contributed by atoms with Crippen LogP contribution >= 0.6 is 11.3 Å². The normalized spacial score (nSPS) is 17.9. The van der Waals surface area contributed by atoms with E-state index in [2.05, 4.69) is 52.0 Å². The molecular formula is C25H22BNO3S. The summed E-state index contributed by atoms with van der Waals surface area (Å²) in [5, 5.41) is 3.09. The zero-order chi connectivity index (χ0) is 21.4. The van der Waals surface area contributed by atoms with Gasteiger partial charge in [0.05, 0.1) is 21.4 Å². The molecule has 5 aromatic rings. The highest BCUT2D eigenvalue weighted by Gasteiger charge is 2.53. The van der Waals surface area contributed by atoms with E-state index in [0.29, 0.717) is 0 Å². The molecule has 31 heavy (non-hydrogen) atoms. The van der Waals surface area contributed by atoms with Crippen molar-refractivity contribution < 1.29 is 13.7 Å². The van der Waals surface area contributed by atoms with Gasteiger partial charge in [-0.05, 0) is 39.8 Å². The zero-order valence-corrected chi connectivity index (χ0v) is 18.7. The summed E-state index contributed by atoms with van der Waals surface area (Å²) in [6.07, 6.45) is 0. The predicted molar refractivity (Wildman–Crippen MR) is 128 cm³/mol. The van der Waals surface area contributed by atoms with Crippen LogP contribution in [0.4, 0.5) is 0 Å². The molecule has 0 unspecified atom stereocenters. The maximum absolute atomic E-state index is 6.47. The molecule has 1 aliphatic heterocycles. The van der Waals surface area contributed by atoms with Crippen LogP contribution in [0.2, 0.25) is 0 Å². The number of nitrogens with zero attached hydrogens (tertiary/aromatic N) is 1. The van der Waals surface area contributed by atoms with Gasteiger partial charge < -0.3 is 13.7 Å². The van der Waals surface area contributed by atoms with Gasteiger partial charge in [-0.2, -0.15) is 0 Å². The highest BCUT2D eigenvalue weighted by atomic mass is 32.1. The number of rotatable bonds is 2. The van der Waals surface area contributed by atoms with E-state index in [1.165, 1.54) is 0 Å². The standard InChI is InChI=1S/C25H22BNO3S/c1-24(2)25(3,4)30-26(29-24)20-21-17(16-12-8-9-13-19(16)28-21)14-18-22(20)31-23(27-18)15-10-6-5-7-11-15/h5-14H,1-4H3. The molecule has 0 saturated carbocycles. The lowest BCUT2D eigenvalue weighted by Crippen LogP contribution is -2.41. The van der Waals surface area contributed by atoms with Crippen LogP contribution in [0, 0.1) is 0 Å².